The summed E-state index contributed by atoms with van der Waals surface area (Å²) in [5.74, 6) is -2.51. The van der Waals surface area contributed by atoms with E-state index in [9.17, 15) is 22.0 Å². The molecule has 2 fully saturated rings. The molecular formula is C18H18F2N2O4S2. The predicted octanol–water partition coefficient (Wildman–Crippen LogP) is 2.68. The van der Waals surface area contributed by atoms with Gasteiger partial charge in [0, 0.05) is 38.0 Å². The number of hydrogen-bond acceptors (Lipinski definition) is 5. The molecule has 0 aliphatic carbocycles. The minimum absolute atomic E-state index is 0.0604. The number of benzene rings is 1. The van der Waals surface area contributed by atoms with Crippen LogP contribution in [0.2, 0.25) is 0 Å². The van der Waals surface area contributed by atoms with Crippen LogP contribution in [0.25, 0.3) is 0 Å². The number of halogens is 2. The Morgan fingerprint density at radius 2 is 1.86 bits per heavy atom. The summed E-state index contributed by atoms with van der Waals surface area (Å²) in [7, 11) is -3.67. The highest BCUT2D eigenvalue weighted by Gasteiger charge is 2.51. The first-order valence-electron chi connectivity index (χ1n) is 8.78. The molecule has 1 aromatic carbocycles. The zero-order chi connectivity index (χ0) is 19.9. The van der Waals surface area contributed by atoms with Crippen LogP contribution < -0.4 is 0 Å². The predicted molar refractivity (Wildman–Crippen MR) is 98.4 cm³/mol. The Bertz CT molecular complexity index is 987. The van der Waals surface area contributed by atoms with Gasteiger partial charge in [-0.25, -0.2) is 17.2 Å². The maximum atomic E-state index is 13.4. The molecule has 2 saturated heterocycles. The average Bonchev–Trinajstić information content (AvgIpc) is 3.35. The number of carbonyl (C=O) groups excluding carboxylic acids is 1. The highest BCUT2D eigenvalue weighted by Crippen LogP contribution is 2.39. The molecule has 0 radical (unpaired) electrons. The fourth-order valence-corrected chi connectivity index (χ4v) is 6.54. The van der Waals surface area contributed by atoms with Crippen molar-refractivity contribution in [3.05, 3.63) is 52.9 Å². The summed E-state index contributed by atoms with van der Waals surface area (Å²) in [6.45, 7) is 1.07. The standard InChI is InChI=1S/C18H18F2N2O4S2/c19-14-4-3-13(12-15(14)20)17(23)21-7-5-18(6-8-21)22(9-10-26-18)28(24,25)16-2-1-11-27-16/h1-4,11-12H,5-10H2. The number of piperidine rings is 1. The molecule has 6 nitrogen and oxygen atoms in total. The van der Waals surface area contributed by atoms with Crippen LogP contribution in [0, 0.1) is 11.6 Å². The van der Waals surface area contributed by atoms with Crippen LogP contribution in [-0.2, 0) is 14.8 Å². The Balaban J connectivity index is 1.51. The Morgan fingerprint density at radius 3 is 2.50 bits per heavy atom. The maximum Gasteiger partial charge on any atom is 0.255 e. The molecule has 2 aliphatic heterocycles. The SMILES string of the molecule is O=C(c1ccc(F)c(F)c1)N1CCC2(CC1)OCCN2S(=O)(=O)c1cccs1. The lowest BCUT2D eigenvalue weighted by Gasteiger charge is -2.42. The van der Waals surface area contributed by atoms with Crippen molar-refractivity contribution in [1.29, 1.82) is 0 Å². The number of likely N-dealkylation sites (tertiary alicyclic amines) is 1. The second-order valence-electron chi connectivity index (χ2n) is 6.73. The third-order valence-electron chi connectivity index (χ3n) is 5.16. The lowest BCUT2D eigenvalue weighted by atomic mass is 10.00. The number of carbonyl (C=O) groups is 1. The smallest absolute Gasteiger partial charge is 0.255 e. The quantitative estimate of drug-likeness (QED) is 0.754. The van der Waals surface area contributed by atoms with Crippen LogP contribution in [0.15, 0.2) is 39.9 Å². The van der Waals surface area contributed by atoms with Gasteiger partial charge < -0.3 is 9.64 Å². The van der Waals surface area contributed by atoms with Crippen molar-refractivity contribution in [2.45, 2.75) is 22.8 Å². The van der Waals surface area contributed by atoms with E-state index in [1.807, 2.05) is 0 Å². The van der Waals surface area contributed by atoms with Gasteiger partial charge in [-0.15, -0.1) is 11.3 Å². The Morgan fingerprint density at radius 1 is 1.11 bits per heavy atom. The number of amides is 1. The Hall–Kier alpha value is -1.88. The summed E-state index contributed by atoms with van der Waals surface area (Å²) in [4.78, 5) is 14.1. The first-order chi connectivity index (χ1) is 13.3. The monoisotopic (exact) mass is 428 g/mol. The summed E-state index contributed by atoms with van der Waals surface area (Å²) in [5.41, 5.74) is -0.918. The van der Waals surface area contributed by atoms with Gasteiger partial charge >= 0.3 is 0 Å². The molecule has 0 saturated carbocycles. The average molecular weight is 428 g/mol. The molecule has 3 heterocycles. The molecule has 1 amide bonds. The first kappa shape index (κ1) is 19.4. The molecule has 2 aliphatic rings. The minimum Gasteiger partial charge on any atom is -0.358 e. The molecule has 4 rings (SSSR count). The summed E-state index contributed by atoms with van der Waals surface area (Å²) < 4.78 is 60.0. The number of sulfonamides is 1. The number of ether oxygens (including phenoxy) is 1. The highest BCUT2D eigenvalue weighted by molar-refractivity contribution is 7.91. The molecule has 150 valence electrons. The van der Waals surface area contributed by atoms with Crippen molar-refractivity contribution in [3.8, 4) is 0 Å². The summed E-state index contributed by atoms with van der Waals surface area (Å²) in [5, 5.41) is 1.71. The van der Waals surface area contributed by atoms with E-state index >= 15 is 0 Å². The van der Waals surface area contributed by atoms with Gasteiger partial charge in [0.25, 0.3) is 15.9 Å². The van der Waals surface area contributed by atoms with E-state index in [0.717, 1.165) is 23.5 Å². The maximum absolute atomic E-state index is 13.4. The molecule has 2 aromatic rings. The summed E-state index contributed by atoms with van der Waals surface area (Å²) >= 11 is 1.15. The van der Waals surface area contributed by atoms with E-state index < -0.39 is 33.3 Å². The van der Waals surface area contributed by atoms with Gasteiger partial charge in [-0.1, -0.05) is 6.07 Å². The largest absolute Gasteiger partial charge is 0.358 e. The molecular weight excluding hydrogens is 410 g/mol. The van der Waals surface area contributed by atoms with E-state index in [1.54, 1.807) is 17.5 Å². The van der Waals surface area contributed by atoms with Gasteiger partial charge in [-0.05, 0) is 29.6 Å². The molecule has 28 heavy (non-hydrogen) atoms. The van der Waals surface area contributed by atoms with Gasteiger partial charge in [0.05, 0.1) is 6.61 Å². The van der Waals surface area contributed by atoms with E-state index in [1.165, 1.54) is 15.3 Å². The second-order valence-corrected chi connectivity index (χ2v) is 9.76. The van der Waals surface area contributed by atoms with Crippen LogP contribution in [0.1, 0.15) is 23.2 Å². The van der Waals surface area contributed by atoms with Crippen molar-refractivity contribution in [3.63, 3.8) is 0 Å². The van der Waals surface area contributed by atoms with Crippen molar-refractivity contribution in [2.75, 3.05) is 26.2 Å². The number of rotatable bonds is 3. The fraction of sp³-hybridized carbons (Fsp3) is 0.389. The second kappa shape index (κ2) is 7.18. The van der Waals surface area contributed by atoms with E-state index in [2.05, 4.69) is 0 Å². The number of thiophene rings is 1. The van der Waals surface area contributed by atoms with Crippen LogP contribution >= 0.6 is 11.3 Å². The molecule has 0 bridgehead atoms. The van der Waals surface area contributed by atoms with Crippen molar-refractivity contribution in [1.82, 2.24) is 9.21 Å². The zero-order valence-corrected chi connectivity index (χ0v) is 16.4. The Labute approximate surface area is 165 Å². The number of nitrogens with zero attached hydrogens (tertiary/aromatic N) is 2. The molecule has 1 spiro atoms. The van der Waals surface area contributed by atoms with Crippen molar-refractivity contribution in [2.24, 2.45) is 0 Å². The summed E-state index contributed by atoms with van der Waals surface area (Å²) in [6.07, 6.45) is 0.625. The van der Waals surface area contributed by atoms with Gasteiger partial charge in [0.1, 0.15) is 9.93 Å². The van der Waals surface area contributed by atoms with Crippen LogP contribution in [0.4, 0.5) is 8.78 Å². The van der Waals surface area contributed by atoms with Crippen LogP contribution in [-0.4, -0.2) is 55.5 Å². The van der Waals surface area contributed by atoms with Gasteiger partial charge in [0.15, 0.2) is 11.6 Å². The number of hydrogen-bond donors (Lipinski definition) is 0. The van der Waals surface area contributed by atoms with Gasteiger partial charge in [-0.2, -0.15) is 4.31 Å². The third-order valence-corrected chi connectivity index (χ3v) is 8.48. The molecule has 0 N–H and O–H groups in total. The normalized spacial score (nSPS) is 20.0. The van der Waals surface area contributed by atoms with Gasteiger partial charge in [-0.3, -0.25) is 4.79 Å². The van der Waals surface area contributed by atoms with E-state index in [-0.39, 0.29) is 29.4 Å². The lowest BCUT2D eigenvalue weighted by Crippen LogP contribution is -2.55. The zero-order valence-electron chi connectivity index (χ0n) is 14.8. The first-order valence-corrected chi connectivity index (χ1v) is 11.1. The molecule has 1 aromatic heterocycles. The van der Waals surface area contributed by atoms with Crippen LogP contribution in [0.3, 0.4) is 0 Å². The molecule has 10 heteroatoms. The van der Waals surface area contributed by atoms with Crippen molar-refractivity contribution >= 4 is 27.3 Å². The van der Waals surface area contributed by atoms with Crippen LogP contribution in [0.5, 0.6) is 0 Å². The summed E-state index contributed by atoms with van der Waals surface area (Å²) in [6, 6.07) is 6.29. The molecule has 0 unspecified atom stereocenters. The third kappa shape index (κ3) is 3.24. The Kier molecular flexibility index (Phi) is 4.98. The highest BCUT2D eigenvalue weighted by atomic mass is 32.2. The molecule has 0 atom stereocenters. The van der Waals surface area contributed by atoms with E-state index in [4.69, 9.17) is 4.74 Å². The van der Waals surface area contributed by atoms with E-state index in [0.29, 0.717) is 19.4 Å². The van der Waals surface area contributed by atoms with Gasteiger partial charge in [0.2, 0.25) is 0 Å². The lowest BCUT2D eigenvalue weighted by molar-refractivity contribution is -0.0856. The fourth-order valence-electron chi connectivity index (χ4n) is 3.72. The topological polar surface area (TPSA) is 66.9 Å². The minimum atomic E-state index is -3.67. The van der Waals surface area contributed by atoms with Crippen molar-refractivity contribution < 1.29 is 26.7 Å².